The van der Waals surface area contributed by atoms with Crippen molar-refractivity contribution in [2.45, 2.75) is 95.2 Å². The number of halogens is 4. The molecule has 0 radical (unpaired) electrons. The zero-order valence-corrected chi connectivity index (χ0v) is 23.6. The highest BCUT2D eigenvalue weighted by Crippen LogP contribution is 2.51. The Bertz CT molecular complexity index is 1470. The summed E-state index contributed by atoms with van der Waals surface area (Å²) in [6.45, 7) is 3.82. The molecule has 1 unspecified atom stereocenters. The molecule has 0 aromatic carbocycles. The lowest BCUT2D eigenvalue weighted by Gasteiger charge is -2.33. The Morgan fingerprint density at radius 3 is 2.36 bits per heavy atom. The third-order valence-corrected chi connectivity index (χ3v) is 8.75. The van der Waals surface area contributed by atoms with Crippen LogP contribution in [0.1, 0.15) is 105 Å². The number of hydrogen-bond acceptors (Lipinski definition) is 5. The summed E-state index contributed by atoms with van der Waals surface area (Å²) in [6.07, 6.45) is 6.14. The van der Waals surface area contributed by atoms with E-state index in [1.165, 1.54) is 0 Å². The zero-order valence-electron chi connectivity index (χ0n) is 23.6. The molecular formula is C29H35F4N7O2. The van der Waals surface area contributed by atoms with Gasteiger partial charge >= 0.3 is 0 Å². The Kier molecular flexibility index (Phi) is 7.25. The van der Waals surface area contributed by atoms with Crippen LogP contribution in [-0.4, -0.2) is 48.0 Å². The van der Waals surface area contributed by atoms with E-state index in [4.69, 9.17) is 4.98 Å². The van der Waals surface area contributed by atoms with Crippen molar-refractivity contribution in [1.82, 2.24) is 35.0 Å². The average molecular weight is 590 g/mol. The maximum atomic E-state index is 14.0. The van der Waals surface area contributed by atoms with Crippen LogP contribution < -0.4 is 10.6 Å². The Morgan fingerprint density at radius 2 is 1.71 bits per heavy atom. The van der Waals surface area contributed by atoms with Crippen molar-refractivity contribution in [3.63, 3.8) is 0 Å². The molecule has 42 heavy (non-hydrogen) atoms. The lowest BCUT2D eigenvalue weighted by atomic mass is 9.81. The Balaban J connectivity index is 1.25. The first-order valence-electron chi connectivity index (χ1n) is 14.6. The van der Waals surface area contributed by atoms with E-state index in [2.05, 4.69) is 20.8 Å². The van der Waals surface area contributed by atoms with Crippen LogP contribution in [0.25, 0.3) is 5.65 Å². The molecule has 6 rings (SSSR count). The van der Waals surface area contributed by atoms with E-state index in [9.17, 15) is 27.2 Å². The smallest absolute Gasteiger partial charge is 0.270 e. The van der Waals surface area contributed by atoms with Crippen molar-refractivity contribution in [2.24, 2.45) is 17.8 Å². The molecule has 3 aromatic heterocycles. The fourth-order valence-corrected chi connectivity index (χ4v) is 6.03. The monoisotopic (exact) mass is 589 g/mol. The van der Waals surface area contributed by atoms with E-state index in [-0.39, 0.29) is 68.4 Å². The molecular weight excluding hydrogens is 554 g/mol. The Hall–Kier alpha value is -3.51. The number of amides is 2. The van der Waals surface area contributed by atoms with Gasteiger partial charge in [0.05, 0.1) is 30.2 Å². The third kappa shape index (κ3) is 6.00. The molecule has 2 amide bonds. The molecule has 2 N–H and O–H groups in total. The molecule has 0 saturated heterocycles. The summed E-state index contributed by atoms with van der Waals surface area (Å²) < 4.78 is 57.9. The summed E-state index contributed by atoms with van der Waals surface area (Å²) in [5, 5.41) is 14.7. The first-order valence-corrected chi connectivity index (χ1v) is 14.6. The highest BCUT2D eigenvalue weighted by atomic mass is 19.3. The van der Waals surface area contributed by atoms with Crippen LogP contribution in [0.15, 0.2) is 30.7 Å². The number of imidazole rings is 1. The topological polar surface area (TPSA) is 106 Å². The van der Waals surface area contributed by atoms with E-state index >= 15 is 0 Å². The molecule has 3 heterocycles. The molecule has 3 atom stereocenters. The number of nitrogens with one attached hydrogen (secondary N) is 2. The highest BCUT2D eigenvalue weighted by Gasteiger charge is 2.57. The van der Waals surface area contributed by atoms with Crippen molar-refractivity contribution in [3.05, 3.63) is 47.7 Å². The van der Waals surface area contributed by atoms with Crippen molar-refractivity contribution >= 4 is 17.5 Å². The van der Waals surface area contributed by atoms with Gasteiger partial charge in [-0.2, -0.15) is 10.2 Å². The largest absolute Gasteiger partial charge is 0.349 e. The van der Waals surface area contributed by atoms with E-state index in [1.54, 1.807) is 39.9 Å². The van der Waals surface area contributed by atoms with Crippen LogP contribution in [0.5, 0.6) is 0 Å². The van der Waals surface area contributed by atoms with Crippen molar-refractivity contribution in [3.8, 4) is 0 Å². The van der Waals surface area contributed by atoms with Gasteiger partial charge in [-0.15, -0.1) is 0 Å². The standard InChI is InChI=1S/C29H35F4N7O2/c1-16(2)40-22(7-10-34-40)27(42)38-26(18-5-8-28(30,31)9-6-18)21-15-39-23(36-21)11-19(14-35-39)25(17-3-4-17)37-24(41)12-20-13-29(20,32)33/h7,10-11,14-18,20,25-26H,3-6,8-9,12-13H2,1-2H3,(H,37,41)(H,38,42)/t20-,25?,26+/m1/s1. The molecule has 9 nitrogen and oxygen atoms in total. The second kappa shape index (κ2) is 10.6. The van der Waals surface area contributed by atoms with Gasteiger partial charge in [0.2, 0.25) is 11.8 Å². The summed E-state index contributed by atoms with van der Waals surface area (Å²) >= 11 is 0. The number of carbonyl (C=O) groups excluding carboxylic acids is 2. The van der Waals surface area contributed by atoms with Gasteiger partial charge < -0.3 is 10.6 Å². The number of aromatic nitrogens is 5. The quantitative estimate of drug-likeness (QED) is 0.308. The molecule has 226 valence electrons. The van der Waals surface area contributed by atoms with Crippen LogP contribution in [0, 0.1) is 17.8 Å². The Morgan fingerprint density at radius 1 is 1.02 bits per heavy atom. The molecule has 3 aromatic rings. The molecule has 3 aliphatic carbocycles. The summed E-state index contributed by atoms with van der Waals surface area (Å²) in [6, 6.07) is 2.37. The van der Waals surface area contributed by atoms with E-state index < -0.39 is 29.7 Å². The first kappa shape index (κ1) is 28.6. The number of alkyl halides is 4. The van der Waals surface area contributed by atoms with Crippen molar-refractivity contribution < 1.29 is 27.2 Å². The normalized spacial score (nSPS) is 23.1. The minimum absolute atomic E-state index is 0.0499. The van der Waals surface area contributed by atoms with Crippen LogP contribution in [-0.2, 0) is 4.79 Å². The van der Waals surface area contributed by atoms with Gasteiger partial charge in [0.25, 0.3) is 11.8 Å². The SMILES string of the molecule is CC(C)n1nccc1C(=O)N[C@H](c1cn2ncc(C(NC(=O)C[C@@H]3CC3(F)F)C3CC3)cc2n1)C1CCC(F)(F)CC1. The average Bonchev–Trinajstić information content (AvgIpc) is 3.72. The fourth-order valence-electron chi connectivity index (χ4n) is 6.03. The minimum atomic E-state index is -2.76. The molecule has 3 saturated carbocycles. The van der Waals surface area contributed by atoms with Crippen LogP contribution in [0.3, 0.4) is 0 Å². The number of hydrogen-bond donors (Lipinski definition) is 2. The van der Waals surface area contributed by atoms with Gasteiger partial charge in [0.1, 0.15) is 5.69 Å². The van der Waals surface area contributed by atoms with Crippen molar-refractivity contribution in [1.29, 1.82) is 0 Å². The Labute approximate surface area is 240 Å². The van der Waals surface area contributed by atoms with E-state index in [0.717, 1.165) is 18.4 Å². The summed E-state index contributed by atoms with van der Waals surface area (Å²) in [5.41, 5.74) is 2.06. The second-order valence-electron chi connectivity index (χ2n) is 12.4. The van der Waals surface area contributed by atoms with Crippen molar-refractivity contribution in [2.75, 3.05) is 0 Å². The van der Waals surface area contributed by atoms with Gasteiger partial charge in [-0.1, -0.05) is 0 Å². The lowest BCUT2D eigenvalue weighted by Crippen LogP contribution is -2.38. The van der Waals surface area contributed by atoms with Gasteiger partial charge in [0, 0.05) is 43.8 Å². The molecule has 0 aliphatic heterocycles. The van der Waals surface area contributed by atoms with Gasteiger partial charge in [-0.3, -0.25) is 14.3 Å². The maximum absolute atomic E-state index is 14.0. The molecule has 0 bridgehead atoms. The van der Waals surface area contributed by atoms with Gasteiger partial charge in [-0.25, -0.2) is 27.1 Å². The number of nitrogens with zero attached hydrogens (tertiary/aromatic N) is 5. The third-order valence-electron chi connectivity index (χ3n) is 8.75. The fraction of sp³-hybridized carbons (Fsp3) is 0.621. The number of carbonyl (C=O) groups is 2. The predicted octanol–water partition coefficient (Wildman–Crippen LogP) is 5.42. The minimum Gasteiger partial charge on any atom is -0.349 e. The number of fused-ring (bicyclic) bond motifs is 1. The molecule has 13 heteroatoms. The van der Waals surface area contributed by atoms with Gasteiger partial charge in [-0.05, 0) is 69.1 Å². The van der Waals surface area contributed by atoms with Gasteiger partial charge in [0.15, 0.2) is 5.65 Å². The molecule has 3 fully saturated rings. The second-order valence-corrected chi connectivity index (χ2v) is 12.4. The van der Waals surface area contributed by atoms with Crippen LogP contribution >= 0.6 is 0 Å². The molecule has 3 aliphatic rings. The lowest BCUT2D eigenvalue weighted by molar-refractivity contribution is -0.123. The van der Waals surface area contributed by atoms with Crippen LogP contribution in [0.4, 0.5) is 17.6 Å². The molecule has 0 spiro atoms. The summed E-state index contributed by atoms with van der Waals surface area (Å²) in [4.78, 5) is 30.7. The van der Waals surface area contributed by atoms with Crippen LogP contribution in [0.2, 0.25) is 0 Å². The summed E-state index contributed by atoms with van der Waals surface area (Å²) in [7, 11) is 0. The highest BCUT2D eigenvalue weighted by molar-refractivity contribution is 5.92. The predicted molar refractivity (Wildman–Crippen MR) is 144 cm³/mol. The number of rotatable bonds is 10. The van der Waals surface area contributed by atoms with E-state index in [1.807, 2.05) is 13.8 Å². The van der Waals surface area contributed by atoms with E-state index in [0.29, 0.717) is 17.0 Å². The summed E-state index contributed by atoms with van der Waals surface area (Å²) in [5.74, 6) is -7.23. The zero-order chi connectivity index (χ0) is 29.8. The first-order chi connectivity index (χ1) is 19.9. The maximum Gasteiger partial charge on any atom is 0.270 e.